The van der Waals surface area contributed by atoms with Gasteiger partial charge >= 0.3 is 0 Å². The van der Waals surface area contributed by atoms with Crippen molar-refractivity contribution in [1.29, 1.82) is 0 Å². The highest BCUT2D eigenvalue weighted by Crippen LogP contribution is 2.26. The summed E-state index contributed by atoms with van der Waals surface area (Å²) in [6.45, 7) is 10.7. The molecule has 0 radical (unpaired) electrons. The highest BCUT2D eigenvalue weighted by Gasteiger charge is 2.38. The maximum absolute atomic E-state index is 5.75. The van der Waals surface area contributed by atoms with Crippen LogP contribution in [0.4, 0.5) is 0 Å². The SMILES string of the molecule is CCCNC1CCN(CC2(OC)CCOC2)CC1C. The minimum atomic E-state index is -0.0522. The molecule has 3 unspecified atom stereocenters. The van der Waals surface area contributed by atoms with Crippen LogP contribution in [0.5, 0.6) is 0 Å². The van der Waals surface area contributed by atoms with Gasteiger partial charge in [0.15, 0.2) is 0 Å². The molecule has 0 aliphatic carbocycles. The standard InChI is InChI=1S/C15H30N2O2/c1-4-7-16-14-5-8-17(10-13(14)2)11-15(18-3)6-9-19-12-15/h13-14,16H,4-12H2,1-3H3. The van der Waals surface area contributed by atoms with Crippen molar-refractivity contribution in [3.8, 4) is 0 Å². The molecular formula is C15H30N2O2. The molecular weight excluding hydrogens is 240 g/mol. The van der Waals surface area contributed by atoms with Crippen LogP contribution in [0.2, 0.25) is 0 Å². The zero-order valence-electron chi connectivity index (χ0n) is 12.8. The Morgan fingerprint density at radius 3 is 2.89 bits per heavy atom. The Labute approximate surface area is 117 Å². The molecule has 0 aromatic carbocycles. The first-order chi connectivity index (χ1) is 9.19. The summed E-state index contributed by atoms with van der Waals surface area (Å²) in [5.41, 5.74) is -0.0522. The van der Waals surface area contributed by atoms with E-state index in [1.807, 2.05) is 7.11 Å². The predicted molar refractivity (Wildman–Crippen MR) is 77.5 cm³/mol. The number of piperidine rings is 1. The molecule has 0 amide bonds. The first-order valence-corrected chi connectivity index (χ1v) is 7.78. The number of hydrogen-bond acceptors (Lipinski definition) is 4. The van der Waals surface area contributed by atoms with E-state index >= 15 is 0 Å². The summed E-state index contributed by atoms with van der Waals surface area (Å²) in [7, 11) is 1.83. The van der Waals surface area contributed by atoms with Crippen LogP contribution < -0.4 is 5.32 Å². The van der Waals surface area contributed by atoms with Gasteiger partial charge in [0.25, 0.3) is 0 Å². The van der Waals surface area contributed by atoms with Crippen molar-refractivity contribution >= 4 is 0 Å². The zero-order valence-corrected chi connectivity index (χ0v) is 12.8. The summed E-state index contributed by atoms with van der Waals surface area (Å²) in [5.74, 6) is 0.719. The molecule has 1 N–H and O–H groups in total. The number of nitrogens with zero attached hydrogens (tertiary/aromatic N) is 1. The van der Waals surface area contributed by atoms with Crippen LogP contribution in [-0.2, 0) is 9.47 Å². The van der Waals surface area contributed by atoms with Gasteiger partial charge in [-0.2, -0.15) is 0 Å². The smallest absolute Gasteiger partial charge is 0.106 e. The largest absolute Gasteiger partial charge is 0.378 e. The maximum atomic E-state index is 5.75. The van der Waals surface area contributed by atoms with Crippen molar-refractivity contribution in [1.82, 2.24) is 10.2 Å². The summed E-state index contributed by atoms with van der Waals surface area (Å²) in [6, 6.07) is 0.689. The third kappa shape index (κ3) is 3.91. The zero-order chi connectivity index (χ0) is 13.7. The summed E-state index contributed by atoms with van der Waals surface area (Å²) in [5, 5.41) is 3.68. The van der Waals surface area contributed by atoms with Crippen LogP contribution in [-0.4, -0.2) is 63.0 Å². The molecule has 2 aliphatic heterocycles. The second kappa shape index (κ2) is 7.02. The molecule has 0 bridgehead atoms. The van der Waals surface area contributed by atoms with Crippen molar-refractivity contribution in [3.63, 3.8) is 0 Å². The van der Waals surface area contributed by atoms with E-state index in [4.69, 9.17) is 9.47 Å². The van der Waals surface area contributed by atoms with E-state index in [1.165, 1.54) is 25.9 Å². The fourth-order valence-electron chi connectivity index (χ4n) is 3.35. The molecule has 2 aliphatic rings. The normalized spacial score (nSPS) is 36.8. The number of methoxy groups -OCH3 is 1. The van der Waals surface area contributed by atoms with Gasteiger partial charge in [-0.3, -0.25) is 4.90 Å². The number of hydrogen-bond donors (Lipinski definition) is 1. The van der Waals surface area contributed by atoms with E-state index in [-0.39, 0.29) is 5.60 Å². The Morgan fingerprint density at radius 1 is 1.47 bits per heavy atom. The third-order valence-electron chi connectivity index (χ3n) is 4.66. The quantitative estimate of drug-likeness (QED) is 0.793. The van der Waals surface area contributed by atoms with Crippen LogP contribution in [0.1, 0.15) is 33.1 Å². The molecule has 0 aromatic rings. The molecule has 2 fully saturated rings. The molecule has 3 atom stereocenters. The van der Waals surface area contributed by atoms with Crippen LogP contribution in [0.25, 0.3) is 0 Å². The lowest BCUT2D eigenvalue weighted by Gasteiger charge is -2.41. The Morgan fingerprint density at radius 2 is 2.32 bits per heavy atom. The van der Waals surface area contributed by atoms with E-state index in [0.29, 0.717) is 6.04 Å². The number of rotatable bonds is 6. The van der Waals surface area contributed by atoms with Gasteiger partial charge in [0.2, 0.25) is 0 Å². The van der Waals surface area contributed by atoms with E-state index in [9.17, 15) is 0 Å². The average molecular weight is 270 g/mol. The van der Waals surface area contributed by atoms with Gasteiger partial charge in [0.05, 0.1) is 6.61 Å². The summed E-state index contributed by atoms with van der Waals surface area (Å²) in [4.78, 5) is 2.56. The van der Waals surface area contributed by atoms with E-state index in [0.717, 1.165) is 38.6 Å². The fraction of sp³-hybridized carbons (Fsp3) is 1.00. The topological polar surface area (TPSA) is 33.7 Å². The minimum absolute atomic E-state index is 0.0522. The monoisotopic (exact) mass is 270 g/mol. The van der Waals surface area contributed by atoms with Gasteiger partial charge in [-0.25, -0.2) is 0 Å². The van der Waals surface area contributed by atoms with Crippen LogP contribution >= 0.6 is 0 Å². The average Bonchev–Trinajstić information content (AvgIpc) is 2.87. The fourth-order valence-corrected chi connectivity index (χ4v) is 3.35. The molecule has 0 saturated carbocycles. The Hall–Kier alpha value is -0.160. The summed E-state index contributed by atoms with van der Waals surface area (Å²) < 4.78 is 11.3. The minimum Gasteiger partial charge on any atom is -0.378 e. The van der Waals surface area contributed by atoms with Crippen molar-refractivity contribution in [2.75, 3.05) is 46.5 Å². The van der Waals surface area contributed by atoms with Gasteiger partial charge < -0.3 is 14.8 Å². The lowest BCUT2D eigenvalue weighted by molar-refractivity contribution is -0.0486. The highest BCUT2D eigenvalue weighted by atomic mass is 16.5. The highest BCUT2D eigenvalue weighted by molar-refractivity contribution is 4.91. The van der Waals surface area contributed by atoms with Gasteiger partial charge in [-0.05, 0) is 31.8 Å². The second-order valence-corrected chi connectivity index (χ2v) is 6.25. The summed E-state index contributed by atoms with van der Waals surface area (Å²) >= 11 is 0. The molecule has 2 saturated heterocycles. The van der Waals surface area contributed by atoms with Crippen LogP contribution in [0.15, 0.2) is 0 Å². The maximum Gasteiger partial charge on any atom is 0.106 e. The van der Waals surface area contributed by atoms with Crippen molar-refractivity contribution in [2.45, 2.75) is 44.8 Å². The lowest BCUT2D eigenvalue weighted by Crippen LogP contribution is -2.53. The molecule has 0 spiro atoms. The van der Waals surface area contributed by atoms with Gasteiger partial charge in [-0.15, -0.1) is 0 Å². The first-order valence-electron chi connectivity index (χ1n) is 7.78. The Bertz CT molecular complexity index is 267. The Balaban J connectivity index is 1.81. The Kier molecular flexibility index (Phi) is 5.63. The second-order valence-electron chi connectivity index (χ2n) is 6.25. The molecule has 19 heavy (non-hydrogen) atoms. The van der Waals surface area contributed by atoms with E-state index < -0.39 is 0 Å². The predicted octanol–water partition coefficient (Wildman–Crippen LogP) is 1.50. The molecule has 4 heteroatoms. The third-order valence-corrected chi connectivity index (χ3v) is 4.66. The number of likely N-dealkylation sites (tertiary alicyclic amines) is 1. The van der Waals surface area contributed by atoms with E-state index in [1.54, 1.807) is 0 Å². The van der Waals surface area contributed by atoms with Gasteiger partial charge in [0, 0.05) is 39.3 Å². The number of ether oxygens (including phenoxy) is 2. The number of nitrogens with one attached hydrogen (secondary N) is 1. The van der Waals surface area contributed by atoms with E-state index in [2.05, 4.69) is 24.1 Å². The first kappa shape index (κ1) is 15.2. The molecule has 112 valence electrons. The summed E-state index contributed by atoms with van der Waals surface area (Å²) in [6.07, 6.45) is 3.50. The molecule has 4 nitrogen and oxygen atoms in total. The van der Waals surface area contributed by atoms with Gasteiger partial charge in [0.1, 0.15) is 5.60 Å². The van der Waals surface area contributed by atoms with Crippen molar-refractivity contribution in [2.24, 2.45) is 5.92 Å². The lowest BCUT2D eigenvalue weighted by atomic mass is 9.92. The van der Waals surface area contributed by atoms with Crippen molar-refractivity contribution in [3.05, 3.63) is 0 Å². The molecule has 0 aromatic heterocycles. The molecule has 2 heterocycles. The molecule has 2 rings (SSSR count). The van der Waals surface area contributed by atoms with Crippen LogP contribution in [0, 0.1) is 5.92 Å². The van der Waals surface area contributed by atoms with Crippen LogP contribution in [0.3, 0.4) is 0 Å². The van der Waals surface area contributed by atoms with Crippen molar-refractivity contribution < 1.29 is 9.47 Å². The van der Waals surface area contributed by atoms with Gasteiger partial charge in [-0.1, -0.05) is 13.8 Å².